The van der Waals surface area contributed by atoms with Gasteiger partial charge >= 0.3 is 0 Å². The SMILES string of the molecule is C=C(P=CC(C)(C)C)/C(=C/C)CC. The van der Waals surface area contributed by atoms with Crippen molar-refractivity contribution in [1.29, 1.82) is 0 Å². The van der Waals surface area contributed by atoms with E-state index < -0.39 is 0 Å². The molecule has 0 fully saturated rings. The van der Waals surface area contributed by atoms with Crippen molar-refractivity contribution < 1.29 is 0 Å². The summed E-state index contributed by atoms with van der Waals surface area (Å²) >= 11 is 0. The Bertz CT molecular complexity index is 226. The molecule has 0 aliphatic carbocycles. The number of rotatable bonds is 3. The minimum absolute atomic E-state index is 0.289. The zero-order valence-electron chi connectivity index (χ0n) is 9.52. The Morgan fingerprint density at radius 2 is 1.92 bits per heavy atom. The molecule has 0 aromatic carbocycles. The fourth-order valence-electron chi connectivity index (χ4n) is 0.929. The van der Waals surface area contributed by atoms with E-state index in [1.807, 2.05) is 0 Å². The summed E-state index contributed by atoms with van der Waals surface area (Å²) in [6.45, 7) is 15.0. The van der Waals surface area contributed by atoms with Crippen LogP contribution in [0.1, 0.15) is 41.0 Å². The Balaban J connectivity index is 4.40. The summed E-state index contributed by atoms with van der Waals surface area (Å²) in [5.41, 5.74) is 1.67. The van der Waals surface area contributed by atoms with Crippen molar-refractivity contribution in [3.05, 3.63) is 23.5 Å². The van der Waals surface area contributed by atoms with Crippen molar-refractivity contribution >= 4 is 14.0 Å². The molecule has 0 amide bonds. The molecule has 0 saturated heterocycles. The van der Waals surface area contributed by atoms with Gasteiger partial charge in [-0.25, -0.2) is 0 Å². The molecule has 0 unspecified atom stereocenters. The number of hydrogen-bond donors (Lipinski definition) is 0. The van der Waals surface area contributed by atoms with E-state index in [1.54, 1.807) is 0 Å². The number of allylic oxidation sites excluding steroid dienone is 3. The lowest BCUT2D eigenvalue weighted by molar-refractivity contribution is 0.615. The smallest absolute Gasteiger partial charge is 0.00285 e. The van der Waals surface area contributed by atoms with E-state index in [9.17, 15) is 0 Å². The first kappa shape index (κ1) is 12.7. The molecule has 0 aliphatic heterocycles. The van der Waals surface area contributed by atoms with Crippen LogP contribution in [0.15, 0.2) is 23.5 Å². The third-order valence-electron chi connectivity index (χ3n) is 1.71. The molecule has 74 valence electrons. The lowest BCUT2D eigenvalue weighted by Crippen LogP contribution is -2.03. The maximum atomic E-state index is 4.09. The normalized spacial score (nSPS) is 13.8. The van der Waals surface area contributed by atoms with Gasteiger partial charge in [-0.3, -0.25) is 0 Å². The van der Waals surface area contributed by atoms with Crippen molar-refractivity contribution in [2.24, 2.45) is 5.41 Å². The molecule has 0 radical (unpaired) electrons. The molecule has 0 rings (SSSR count). The van der Waals surface area contributed by atoms with Gasteiger partial charge in [0.1, 0.15) is 0 Å². The minimum Gasteiger partial charge on any atom is -0.0869 e. The quantitative estimate of drug-likeness (QED) is 0.455. The molecule has 0 bridgehead atoms. The van der Waals surface area contributed by atoms with Gasteiger partial charge in [0.05, 0.1) is 0 Å². The second-order valence-electron chi connectivity index (χ2n) is 4.24. The van der Waals surface area contributed by atoms with Gasteiger partial charge in [0.2, 0.25) is 0 Å². The fourth-order valence-corrected chi connectivity index (χ4v) is 1.93. The highest BCUT2D eigenvalue weighted by atomic mass is 31.1. The molecule has 0 aromatic rings. The summed E-state index contributed by atoms with van der Waals surface area (Å²) in [7, 11) is 1.26. The topological polar surface area (TPSA) is 0 Å². The Morgan fingerprint density at radius 3 is 2.23 bits per heavy atom. The van der Waals surface area contributed by atoms with Crippen LogP contribution in [0, 0.1) is 5.41 Å². The Hall–Kier alpha value is -0.350. The second-order valence-corrected chi connectivity index (χ2v) is 5.29. The van der Waals surface area contributed by atoms with Crippen LogP contribution in [-0.2, 0) is 0 Å². The third-order valence-corrected chi connectivity index (χ3v) is 3.21. The maximum absolute atomic E-state index is 4.09. The van der Waals surface area contributed by atoms with E-state index in [0.717, 1.165) is 6.42 Å². The van der Waals surface area contributed by atoms with Crippen LogP contribution >= 0.6 is 8.20 Å². The van der Waals surface area contributed by atoms with Gasteiger partial charge < -0.3 is 0 Å². The molecule has 0 saturated carbocycles. The zero-order valence-corrected chi connectivity index (χ0v) is 10.4. The summed E-state index contributed by atoms with van der Waals surface area (Å²) in [5, 5.41) is 1.24. The molecule has 0 atom stereocenters. The van der Waals surface area contributed by atoms with Crippen LogP contribution in [0.3, 0.4) is 0 Å². The van der Waals surface area contributed by atoms with E-state index in [4.69, 9.17) is 0 Å². The Kier molecular flexibility index (Phi) is 5.25. The van der Waals surface area contributed by atoms with Crippen LogP contribution in [0.4, 0.5) is 0 Å². The zero-order chi connectivity index (χ0) is 10.5. The maximum Gasteiger partial charge on any atom is -0.00285 e. The van der Waals surface area contributed by atoms with Gasteiger partial charge in [-0.1, -0.05) is 54.4 Å². The monoisotopic (exact) mass is 196 g/mol. The van der Waals surface area contributed by atoms with Crippen molar-refractivity contribution in [2.45, 2.75) is 41.0 Å². The van der Waals surface area contributed by atoms with Gasteiger partial charge in [-0.15, -0.1) is 0 Å². The van der Waals surface area contributed by atoms with Gasteiger partial charge in [0.25, 0.3) is 0 Å². The summed E-state index contributed by atoms with van der Waals surface area (Å²) in [4.78, 5) is 0. The van der Waals surface area contributed by atoms with Crippen LogP contribution in [0.2, 0.25) is 0 Å². The molecule has 0 N–H and O–H groups in total. The molecular formula is C12H21P. The van der Waals surface area contributed by atoms with Crippen LogP contribution in [0.25, 0.3) is 0 Å². The Morgan fingerprint density at radius 1 is 1.38 bits per heavy atom. The molecule has 0 nitrogen and oxygen atoms in total. The third kappa shape index (κ3) is 5.82. The highest BCUT2D eigenvalue weighted by Crippen LogP contribution is 2.25. The molecule has 0 aliphatic rings. The molecular weight excluding hydrogens is 175 g/mol. The van der Waals surface area contributed by atoms with Gasteiger partial charge in [-0.05, 0) is 29.6 Å². The highest BCUT2D eigenvalue weighted by molar-refractivity contribution is 7.43. The summed E-state index contributed by atoms with van der Waals surface area (Å²) in [5.74, 6) is 2.30. The van der Waals surface area contributed by atoms with Crippen molar-refractivity contribution in [3.63, 3.8) is 0 Å². The van der Waals surface area contributed by atoms with Crippen molar-refractivity contribution in [3.8, 4) is 0 Å². The predicted octanol–water partition coefficient (Wildman–Crippen LogP) is 4.65. The first-order valence-electron chi connectivity index (χ1n) is 4.80. The summed E-state index contributed by atoms with van der Waals surface area (Å²) < 4.78 is 0. The minimum atomic E-state index is 0.289. The molecule has 0 aromatic heterocycles. The van der Waals surface area contributed by atoms with Crippen molar-refractivity contribution in [2.75, 3.05) is 0 Å². The van der Waals surface area contributed by atoms with E-state index in [2.05, 4.69) is 53.1 Å². The predicted molar refractivity (Wildman–Crippen MR) is 65.6 cm³/mol. The van der Waals surface area contributed by atoms with E-state index in [0.29, 0.717) is 0 Å². The molecule has 0 heterocycles. The van der Waals surface area contributed by atoms with E-state index in [1.165, 1.54) is 19.1 Å². The van der Waals surface area contributed by atoms with Gasteiger partial charge in [-0.2, -0.15) is 0 Å². The average Bonchev–Trinajstić information content (AvgIpc) is 2.02. The molecule has 13 heavy (non-hydrogen) atoms. The Labute approximate surface area is 84.5 Å². The largest absolute Gasteiger partial charge is 0.0869 e. The van der Waals surface area contributed by atoms with Crippen LogP contribution in [0.5, 0.6) is 0 Å². The van der Waals surface area contributed by atoms with Crippen LogP contribution < -0.4 is 0 Å². The molecule has 1 heteroatoms. The fraction of sp³-hybridized carbons (Fsp3) is 0.583. The summed E-state index contributed by atoms with van der Waals surface area (Å²) in [6.07, 6.45) is 3.24. The highest BCUT2D eigenvalue weighted by Gasteiger charge is 2.04. The number of hydrogen-bond acceptors (Lipinski definition) is 0. The first-order chi connectivity index (χ1) is 5.90. The van der Waals surface area contributed by atoms with Gasteiger partial charge in [0.15, 0.2) is 0 Å². The van der Waals surface area contributed by atoms with Crippen LogP contribution in [-0.4, -0.2) is 5.80 Å². The second kappa shape index (κ2) is 5.40. The van der Waals surface area contributed by atoms with Gasteiger partial charge in [0, 0.05) is 0 Å². The first-order valence-corrected chi connectivity index (χ1v) is 5.76. The van der Waals surface area contributed by atoms with E-state index >= 15 is 0 Å². The standard InChI is InChI=1S/C12H21P/c1-7-11(8-2)10(3)13-9-12(4,5)6/h7,9H,3,8H2,1-2,4-6H3/b11-7+. The van der Waals surface area contributed by atoms with Crippen molar-refractivity contribution in [1.82, 2.24) is 0 Å². The summed E-state index contributed by atoms with van der Waals surface area (Å²) in [6, 6.07) is 0. The lowest BCUT2D eigenvalue weighted by Gasteiger charge is -2.11. The lowest BCUT2D eigenvalue weighted by atomic mass is 10.0. The molecule has 0 spiro atoms. The van der Waals surface area contributed by atoms with E-state index in [-0.39, 0.29) is 5.41 Å². The average molecular weight is 196 g/mol.